The largest absolute Gasteiger partial charge is 0.363 e. The molecule has 0 spiro atoms. The normalized spacial score (nSPS) is 10.6. The van der Waals surface area contributed by atoms with Gasteiger partial charge in [0.2, 0.25) is 0 Å². The van der Waals surface area contributed by atoms with Gasteiger partial charge in [0.05, 0.1) is 12.7 Å². The summed E-state index contributed by atoms with van der Waals surface area (Å²) in [5.74, 6) is 0.286. The number of alkyl halides is 1. The highest BCUT2D eigenvalue weighted by Crippen LogP contribution is 2.02. The summed E-state index contributed by atoms with van der Waals surface area (Å²) in [6, 6.07) is 0. The van der Waals surface area contributed by atoms with Gasteiger partial charge in [-0.15, -0.1) is 11.6 Å². The molecule has 14 heavy (non-hydrogen) atoms. The Labute approximate surface area is 84.7 Å². The third-order valence-electron chi connectivity index (χ3n) is 1.23. The molecule has 1 aromatic rings. The molecule has 0 radical (unpaired) electrons. The molecule has 76 valence electrons. The molecule has 1 rings (SSSR count). The molecule has 0 fully saturated rings. The number of primary amides is 1. The lowest BCUT2D eigenvalue weighted by molar-refractivity contribution is 0.0991. The van der Waals surface area contributed by atoms with Gasteiger partial charge in [0.25, 0.3) is 5.91 Å². The predicted octanol–water partition coefficient (Wildman–Crippen LogP) is 0.526. The van der Waals surface area contributed by atoms with Crippen LogP contribution in [0, 0.1) is 0 Å². The summed E-state index contributed by atoms with van der Waals surface area (Å²) in [6.07, 6.45) is 1.39. The van der Waals surface area contributed by atoms with Crippen molar-refractivity contribution in [1.29, 1.82) is 0 Å². The van der Waals surface area contributed by atoms with Gasteiger partial charge in [-0.2, -0.15) is 5.11 Å². The lowest BCUT2D eigenvalue weighted by Gasteiger charge is -1.91. The fourth-order valence-corrected chi connectivity index (χ4v) is 0.756. The fraction of sp³-hybridized carbons (Fsp3) is 0.333. The number of amides is 1. The lowest BCUT2D eigenvalue weighted by Crippen LogP contribution is -2.12. The van der Waals surface area contributed by atoms with Crippen molar-refractivity contribution in [3.63, 3.8) is 0 Å². The molecule has 0 aliphatic heterocycles. The molecule has 0 aliphatic carbocycles. The van der Waals surface area contributed by atoms with E-state index in [0.29, 0.717) is 18.2 Å². The smallest absolute Gasteiger partial charge is 0.284 e. The average Bonchev–Trinajstić information content (AvgIpc) is 2.61. The molecule has 0 saturated carbocycles. The number of halogens is 1. The number of imidazole rings is 1. The molecule has 8 heteroatoms. The summed E-state index contributed by atoms with van der Waals surface area (Å²) >= 11 is 5.37. The van der Waals surface area contributed by atoms with E-state index in [1.807, 2.05) is 0 Å². The van der Waals surface area contributed by atoms with E-state index in [9.17, 15) is 4.79 Å². The van der Waals surface area contributed by atoms with Crippen LogP contribution in [0.2, 0.25) is 0 Å². The Kier molecular flexibility index (Phi) is 3.86. The standard InChI is InChI=1S/C6H9ClN6O/c7-1-2-10-13-12-4-3-9-6(11-4)5(8)14/h3H,1-2H2,(H2,8,14)(H,9,11)(H,10,12). The van der Waals surface area contributed by atoms with Crippen LogP contribution in [-0.2, 0) is 0 Å². The molecule has 1 aromatic heterocycles. The van der Waals surface area contributed by atoms with Gasteiger partial charge in [-0.3, -0.25) is 4.79 Å². The molecule has 4 N–H and O–H groups in total. The Bertz CT molecular complexity index is 335. The highest BCUT2D eigenvalue weighted by molar-refractivity contribution is 6.18. The van der Waals surface area contributed by atoms with E-state index in [2.05, 4.69) is 25.7 Å². The van der Waals surface area contributed by atoms with Crippen molar-refractivity contribution in [2.75, 3.05) is 17.9 Å². The van der Waals surface area contributed by atoms with Crippen LogP contribution in [0.1, 0.15) is 10.6 Å². The van der Waals surface area contributed by atoms with E-state index >= 15 is 0 Å². The summed E-state index contributed by atoms with van der Waals surface area (Å²) in [4.78, 5) is 16.9. The van der Waals surface area contributed by atoms with Gasteiger partial charge >= 0.3 is 0 Å². The summed E-state index contributed by atoms with van der Waals surface area (Å²) in [7, 11) is 0. The first kappa shape index (κ1) is 10.5. The Morgan fingerprint density at radius 3 is 3.14 bits per heavy atom. The molecule has 0 aliphatic rings. The third kappa shape index (κ3) is 3.02. The van der Waals surface area contributed by atoms with Crippen molar-refractivity contribution >= 4 is 23.3 Å². The highest BCUT2D eigenvalue weighted by Gasteiger charge is 2.04. The monoisotopic (exact) mass is 216 g/mol. The van der Waals surface area contributed by atoms with Crippen molar-refractivity contribution in [1.82, 2.24) is 9.97 Å². The number of carbonyl (C=O) groups excluding carboxylic acids is 1. The van der Waals surface area contributed by atoms with Crippen LogP contribution in [-0.4, -0.2) is 28.3 Å². The SMILES string of the molecule is NC(=O)c1ncc(NN=NCCCl)[nH]1. The van der Waals surface area contributed by atoms with Crippen LogP contribution in [0.3, 0.4) is 0 Å². The third-order valence-corrected chi connectivity index (χ3v) is 1.40. The molecule has 1 heterocycles. The van der Waals surface area contributed by atoms with Crippen molar-refractivity contribution in [2.24, 2.45) is 16.1 Å². The molecule has 0 saturated heterocycles. The molecule has 7 nitrogen and oxygen atoms in total. The first-order valence-electron chi connectivity index (χ1n) is 3.77. The summed E-state index contributed by atoms with van der Waals surface area (Å²) < 4.78 is 0. The van der Waals surface area contributed by atoms with Gasteiger partial charge in [0.1, 0.15) is 5.82 Å². The van der Waals surface area contributed by atoms with Gasteiger partial charge in [0, 0.05) is 5.88 Å². The lowest BCUT2D eigenvalue weighted by atomic mass is 10.6. The van der Waals surface area contributed by atoms with Crippen LogP contribution < -0.4 is 11.2 Å². The number of nitrogens with two attached hydrogens (primary N) is 1. The van der Waals surface area contributed by atoms with Crippen molar-refractivity contribution in [2.45, 2.75) is 0 Å². The van der Waals surface area contributed by atoms with Crippen molar-refractivity contribution in [3.05, 3.63) is 12.0 Å². The van der Waals surface area contributed by atoms with Gasteiger partial charge in [-0.1, -0.05) is 5.22 Å². The van der Waals surface area contributed by atoms with Crippen molar-refractivity contribution < 1.29 is 4.79 Å². The zero-order valence-electron chi connectivity index (χ0n) is 7.20. The van der Waals surface area contributed by atoms with Gasteiger partial charge in [0.15, 0.2) is 5.82 Å². The minimum Gasteiger partial charge on any atom is -0.363 e. The minimum atomic E-state index is -0.629. The van der Waals surface area contributed by atoms with E-state index in [1.54, 1.807) is 0 Å². The van der Waals surface area contributed by atoms with Crippen LogP contribution in [0.15, 0.2) is 16.5 Å². The van der Waals surface area contributed by atoms with E-state index < -0.39 is 5.91 Å². The van der Waals surface area contributed by atoms with Crippen LogP contribution in [0.25, 0.3) is 0 Å². The predicted molar refractivity (Wildman–Crippen MR) is 51.2 cm³/mol. The molecule has 0 aromatic carbocycles. The first-order chi connectivity index (χ1) is 6.74. The molecule has 0 bridgehead atoms. The van der Waals surface area contributed by atoms with Gasteiger partial charge < -0.3 is 10.7 Å². The second-order valence-corrected chi connectivity index (χ2v) is 2.65. The Morgan fingerprint density at radius 2 is 2.57 bits per heavy atom. The molecule has 1 amide bonds. The van der Waals surface area contributed by atoms with Crippen LogP contribution in [0.4, 0.5) is 5.82 Å². The molecule has 0 unspecified atom stereocenters. The second kappa shape index (κ2) is 5.18. The summed E-state index contributed by atoms with van der Waals surface area (Å²) in [5, 5.41) is 7.23. The molecular formula is C6H9ClN6O. The van der Waals surface area contributed by atoms with E-state index in [4.69, 9.17) is 17.3 Å². The highest BCUT2D eigenvalue weighted by atomic mass is 35.5. The minimum absolute atomic E-state index is 0.0695. The number of carbonyl (C=O) groups is 1. The Morgan fingerprint density at radius 1 is 1.79 bits per heavy atom. The number of nitrogens with one attached hydrogen (secondary N) is 2. The fourth-order valence-electron chi connectivity index (χ4n) is 0.680. The van der Waals surface area contributed by atoms with Crippen LogP contribution in [0.5, 0.6) is 0 Å². The number of hydrogen-bond acceptors (Lipinski definition) is 4. The van der Waals surface area contributed by atoms with E-state index in [1.165, 1.54) is 6.20 Å². The maximum Gasteiger partial charge on any atom is 0.284 e. The second-order valence-electron chi connectivity index (χ2n) is 2.28. The van der Waals surface area contributed by atoms with E-state index in [-0.39, 0.29) is 5.82 Å². The number of rotatable bonds is 5. The zero-order valence-corrected chi connectivity index (χ0v) is 7.95. The van der Waals surface area contributed by atoms with Crippen molar-refractivity contribution in [3.8, 4) is 0 Å². The summed E-state index contributed by atoms with van der Waals surface area (Å²) in [5.41, 5.74) is 7.50. The van der Waals surface area contributed by atoms with Gasteiger partial charge in [-0.25, -0.2) is 10.4 Å². The number of hydrogen-bond donors (Lipinski definition) is 3. The Balaban J connectivity index is 2.47. The van der Waals surface area contributed by atoms with E-state index in [0.717, 1.165) is 0 Å². The summed E-state index contributed by atoms with van der Waals surface area (Å²) in [6.45, 7) is 0.422. The quantitative estimate of drug-likeness (QED) is 0.379. The zero-order chi connectivity index (χ0) is 10.4. The number of anilines is 1. The number of nitrogens with zero attached hydrogens (tertiary/aromatic N) is 3. The molecule has 0 atom stereocenters. The first-order valence-corrected chi connectivity index (χ1v) is 4.30. The Hall–Kier alpha value is -1.63. The maximum atomic E-state index is 10.6. The number of aromatic amines is 1. The van der Waals surface area contributed by atoms with Gasteiger partial charge in [-0.05, 0) is 0 Å². The average molecular weight is 217 g/mol. The molecular weight excluding hydrogens is 208 g/mol. The maximum absolute atomic E-state index is 10.6. The topological polar surface area (TPSA) is 109 Å². The number of H-pyrrole nitrogens is 1. The van der Waals surface area contributed by atoms with Crippen LogP contribution >= 0.6 is 11.6 Å². The number of aromatic nitrogens is 2.